The van der Waals surface area contributed by atoms with Crippen molar-refractivity contribution in [2.75, 3.05) is 23.3 Å². The first kappa shape index (κ1) is 28.2. The fourth-order valence-electron chi connectivity index (χ4n) is 3.31. The van der Waals surface area contributed by atoms with Gasteiger partial charge in [-0.2, -0.15) is 18.3 Å². The summed E-state index contributed by atoms with van der Waals surface area (Å²) in [5.74, 6) is -0.793. The standard InChI is InChI=1S/C25H23F3N4O5S/c1-17(33)30-19-7-13-22(14-8-19)38(35,36)32(20-9-11-21(37-2)12-10-20)16-24(34)31-29-15-18-5-3-4-6-23(18)25(26,27)28/h3-15H,16H2,1-2H3,(H,30,33)(H,31,34)/b29-15+. The molecule has 3 aromatic carbocycles. The van der Waals surface area contributed by atoms with E-state index in [1.807, 2.05) is 0 Å². The van der Waals surface area contributed by atoms with Crippen LogP contribution in [0.3, 0.4) is 0 Å². The number of nitrogens with zero attached hydrogens (tertiary/aromatic N) is 2. The Hall–Kier alpha value is -4.39. The number of sulfonamides is 1. The molecule has 3 aromatic rings. The molecule has 0 spiro atoms. The number of benzene rings is 3. The number of halogens is 3. The Kier molecular flexibility index (Phi) is 8.73. The lowest BCUT2D eigenvalue weighted by atomic mass is 10.1. The van der Waals surface area contributed by atoms with Gasteiger partial charge >= 0.3 is 6.18 Å². The fourth-order valence-corrected chi connectivity index (χ4v) is 4.73. The van der Waals surface area contributed by atoms with Crippen LogP contribution >= 0.6 is 0 Å². The summed E-state index contributed by atoms with van der Waals surface area (Å²) in [6, 6.07) is 15.8. The first-order valence-corrected chi connectivity index (χ1v) is 12.4. The van der Waals surface area contributed by atoms with Crippen LogP contribution in [0.1, 0.15) is 18.1 Å². The van der Waals surface area contributed by atoms with Gasteiger partial charge in [0.1, 0.15) is 12.3 Å². The van der Waals surface area contributed by atoms with Crippen LogP contribution in [0.15, 0.2) is 82.8 Å². The SMILES string of the molecule is COc1ccc(N(CC(=O)N/N=C/c2ccccc2C(F)(F)F)S(=O)(=O)c2ccc(NC(C)=O)cc2)cc1. The van der Waals surface area contributed by atoms with Crippen molar-refractivity contribution in [3.05, 3.63) is 83.9 Å². The van der Waals surface area contributed by atoms with Gasteiger partial charge < -0.3 is 10.1 Å². The van der Waals surface area contributed by atoms with Crippen LogP contribution in [-0.4, -0.2) is 40.1 Å². The van der Waals surface area contributed by atoms with E-state index in [2.05, 4.69) is 15.8 Å². The molecule has 0 radical (unpaired) electrons. The fraction of sp³-hybridized carbons (Fsp3) is 0.160. The molecule has 0 bridgehead atoms. The van der Waals surface area contributed by atoms with Gasteiger partial charge in [0, 0.05) is 18.2 Å². The molecule has 0 heterocycles. The number of carbonyl (C=O) groups excluding carboxylic acids is 2. The van der Waals surface area contributed by atoms with E-state index in [0.717, 1.165) is 16.6 Å². The number of ether oxygens (including phenoxy) is 1. The van der Waals surface area contributed by atoms with Gasteiger partial charge in [0.15, 0.2) is 0 Å². The van der Waals surface area contributed by atoms with E-state index in [0.29, 0.717) is 11.4 Å². The third-order valence-corrected chi connectivity index (χ3v) is 6.86. The highest BCUT2D eigenvalue weighted by Gasteiger charge is 2.32. The monoisotopic (exact) mass is 548 g/mol. The summed E-state index contributed by atoms with van der Waals surface area (Å²) in [5, 5.41) is 6.10. The molecule has 13 heteroatoms. The minimum Gasteiger partial charge on any atom is -0.497 e. The molecule has 0 saturated heterocycles. The van der Waals surface area contributed by atoms with Crippen LogP contribution in [0.5, 0.6) is 5.75 Å². The number of hydrogen-bond acceptors (Lipinski definition) is 6. The van der Waals surface area contributed by atoms with Crippen molar-refractivity contribution in [1.82, 2.24) is 5.43 Å². The Labute approximate surface area is 217 Å². The van der Waals surface area contributed by atoms with Crippen LogP contribution < -0.4 is 19.8 Å². The van der Waals surface area contributed by atoms with Crippen molar-refractivity contribution >= 4 is 39.4 Å². The summed E-state index contributed by atoms with van der Waals surface area (Å²) in [4.78, 5) is 23.7. The van der Waals surface area contributed by atoms with E-state index in [-0.39, 0.29) is 22.1 Å². The molecule has 0 aliphatic carbocycles. The lowest BCUT2D eigenvalue weighted by Gasteiger charge is -2.24. The van der Waals surface area contributed by atoms with Gasteiger partial charge in [-0.25, -0.2) is 13.8 Å². The van der Waals surface area contributed by atoms with Crippen LogP contribution in [0.2, 0.25) is 0 Å². The van der Waals surface area contributed by atoms with Crippen molar-refractivity contribution in [3.63, 3.8) is 0 Å². The number of carbonyl (C=O) groups is 2. The molecule has 0 saturated carbocycles. The molecule has 0 atom stereocenters. The Morgan fingerprint density at radius 1 is 1.00 bits per heavy atom. The summed E-state index contributed by atoms with van der Waals surface area (Å²) < 4.78 is 72.4. The molecule has 0 fully saturated rings. The minimum absolute atomic E-state index is 0.123. The highest BCUT2D eigenvalue weighted by atomic mass is 32.2. The molecule has 9 nitrogen and oxygen atoms in total. The number of hydrazone groups is 1. The number of anilines is 2. The average molecular weight is 549 g/mol. The van der Waals surface area contributed by atoms with Gasteiger partial charge in [0.05, 0.1) is 29.5 Å². The summed E-state index contributed by atoms with van der Waals surface area (Å²) in [6.07, 6.45) is -3.80. The van der Waals surface area contributed by atoms with Crippen molar-refractivity contribution in [3.8, 4) is 5.75 Å². The highest BCUT2D eigenvalue weighted by Crippen LogP contribution is 2.31. The van der Waals surface area contributed by atoms with Crippen LogP contribution in [0, 0.1) is 0 Å². The summed E-state index contributed by atoms with van der Waals surface area (Å²) in [5.41, 5.74) is 1.35. The molecule has 2 N–H and O–H groups in total. The van der Waals surface area contributed by atoms with E-state index in [1.54, 1.807) is 0 Å². The first-order chi connectivity index (χ1) is 17.9. The zero-order chi connectivity index (χ0) is 27.9. The third kappa shape index (κ3) is 7.09. The van der Waals surface area contributed by atoms with Gasteiger partial charge in [-0.1, -0.05) is 18.2 Å². The first-order valence-electron chi connectivity index (χ1n) is 10.9. The normalized spacial score (nSPS) is 11.7. The molecule has 0 aromatic heterocycles. The van der Waals surface area contributed by atoms with E-state index < -0.39 is 34.2 Å². The number of hydrogen-bond donors (Lipinski definition) is 2. The predicted molar refractivity (Wildman–Crippen MR) is 135 cm³/mol. The number of methoxy groups -OCH3 is 1. The van der Waals surface area contributed by atoms with E-state index in [4.69, 9.17) is 4.74 Å². The minimum atomic E-state index is -4.62. The lowest BCUT2D eigenvalue weighted by molar-refractivity contribution is -0.137. The van der Waals surface area contributed by atoms with E-state index in [1.165, 1.54) is 80.8 Å². The second kappa shape index (κ2) is 11.8. The van der Waals surface area contributed by atoms with Gasteiger partial charge in [0.2, 0.25) is 5.91 Å². The second-order valence-corrected chi connectivity index (χ2v) is 9.66. The van der Waals surface area contributed by atoms with Gasteiger partial charge in [-0.15, -0.1) is 0 Å². The number of alkyl halides is 3. The van der Waals surface area contributed by atoms with Crippen molar-refractivity contribution in [1.29, 1.82) is 0 Å². The molecular weight excluding hydrogens is 525 g/mol. The zero-order valence-electron chi connectivity index (χ0n) is 20.2. The molecule has 200 valence electrons. The maximum absolute atomic E-state index is 13.5. The zero-order valence-corrected chi connectivity index (χ0v) is 21.0. The van der Waals surface area contributed by atoms with Crippen molar-refractivity contribution in [2.24, 2.45) is 5.10 Å². The van der Waals surface area contributed by atoms with Crippen molar-refractivity contribution < 1.29 is 35.9 Å². The van der Waals surface area contributed by atoms with Gasteiger partial charge in [-0.3, -0.25) is 13.9 Å². The molecule has 2 amide bonds. The average Bonchev–Trinajstić information content (AvgIpc) is 2.87. The number of nitrogens with one attached hydrogen (secondary N) is 2. The maximum atomic E-state index is 13.5. The molecule has 3 rings (SSSR count). The Balaban J connectivity index is 1.87. The third-order valence-electron chi connectivity index (χ3n) is 5.07. The maximum Gasteiger partial charge on any atom is 0.417 e. The van der Waals surface area contributed by atoms with E-state index in [9.17, 15) is 31.2 Å². The Morgan fingerprint density at radius 2 is 1.63 bits per heavy atom. The second-order valence-electron chi connectivity index (χ2n) is 7.79. The Morgan fingerprint density at radius 3 is 2.21 bits per heavy atom. The molecule has 0 aliphatic heterocycles. The molecule has 0 unspecified atom stereocenters. The van der Waals surface area contributed by atoms with Gasteiger partial charge in [0.25, 0.3) is 15.9 Å². The number of amides is 2. The summed E-state index contributed by atoms with van der Waals surface area (Å²) in [7, 11) is -2.87. The molecular formula is C25H23F3N4O5S. The topological polar surface area (TPSA) is 117 Å². The van der Waals surface area contributed by atoms with Crippen molar-refractivity contribution in [2.45, 2.75) is 18.0 Å². The summed E-state index contributed by atoms with van der Waals surface area (Å²) >= 11 is 0. The molecule has 0 aliphatic rings. The molecule has 38 heavy (non-hydrogen) atoms. The lowest BCUT2D eigenvalue weighted by Crippen LogP contribution is -2.39. The van der Waals surface area contributed by atoms with Crippen LogP contribution in [-0.2, 0) is 25.8 Å². The Bertz CT molecular complexity index is 1420. The quantitative estimate of drug-likeness (QED) is 0.310. The summed E-state index contributed by atoms with van der Waals surface area (Å²) in [6.45, 7) is 0.569. The predicted octanol–water partition coefficient (Wildman–Crippen LogP) is 4.02. The van der Waals surface area contributed by atoms with E-state index >= 15 is 0 Å². The van der Waals surface area contributed by atoms with Crippen LogP contribution in [0.25, 0.3) is 0 Å². The largest absolute Gasteiger partial charge is 0.497 e. The smallest absolute Gasteiger partial charge is 0.417 e. The van der Waals surface area contributed by atoms with Crippen LogP contribution in [0.4, 0.5) is 24.5 Å². The highest BCUT2D eigenvalue weighted by molar-refractivity contribution is 7.92. The van der Waals surface area contributed by atoms with Gasteiger partial charge in [-0.05, 0) is 54.6 Å². The number of rotatable bonds is 9.